The molecule has 4 rings (SSSR count). The van der Waals surface area contributed by atoms with Gasteiger partial charge >= 0.3 is 0 Å². The van der Waals surface area contributed by atoms with E-state index >= 15 is 0 Å². The molecule has 154 valence electrons. The highest BCUT2D eigenvalue weighted by Gasteiger charge is 2.20. The molecule has 0 atom stereocenters. The van der Waals surface area contributed by atoms with Crippen molar-refractivity contribution < 1.29 is 4.74 Å². The summed E-state index contributed by atoms with van der Waals surface area (Å²) in [7, 11) is 0. The number of para-hydroxylation sites is 1. The molecular weight excluding hydrogens is 378 g/mol. The van der Waals surface area contributed by atoms with E-state index in [1.807, 2.05) is 6.07 Å². The molecule has 2 nitrogen and oxygen atoms in total. The molecule has 0 bridgehead atoms. The van der Waals surface area contributed by atoms with E-state index in [2.05, 4.69) is 116 Å². The van der Waals surface area contributed by atoms with Crippen molar-refractivity contribution in [1.82, 2.24) is 0 Å². The minimum atomic E-state index is 0.437. The van der Waals surface area contributed by atoms with E-state index in [0.29, 0.717) is 6.61 Å². The molecule has 31 heavy (non-hydrogen) atoms. The van der Waals surface area contributed by atoms with Gasteiger partial charge in [0.2, 0.25) is 0 Å². The lowest BCUT2D eigenvalue weighted by molar-refractivity contribution is 0.366. The number of rotatable bonds is 7. The van der Waals surface area contributed by atoms with E-state index in [-0.39, 0.29) is 0 Å². The molecule has 0 heterocycles. The summed E-state index contributed by atoms with van der Waals surface area (Å²) in [6, 6.07) is 33.9. The van der Waals surface area contributed by atoms with Crippen LogP contribution >= 0.6 is 0 Å². The van der Waals surface area contributed by atoms with E-state index in [1.54, 1.807) is 6.08 Å². The fourth-order valence-electron chi connectivity index (χ4n) is 3.65. The molecule has 4 aromatic rings. The Hall–Kier alpha value is -3.78. The largest absolute Gasteiger partial charge is 0.487 e. The highest BCUT2D eigenvalue weighted by atomic mass is 16.5. The molecule has 0 spiro atoms. The summed E-state index contributed by atoms with van der Waals surface area (Å²) in [5.74, 6) is 0.842. The number of ether oxygens (including phenoxy) is 1. The van der Waals surface area contributed by atoms with Gasteiger partial charge in [-0.2, -0.15) is 0 Å². The standard InChI is InChI=1S/C29H27NO/c1-4-21-31-29-27(24-9-6-5-7-10-24)11-8-12-28(29)30(25-17-13-22(2)14-18-25)26-19-15-23(3)16-20-26/h4-20H,1,21H2,2-3H3. The van der Waals surface area contributed by atoms with E-state index in [1.165, 1.54) is 11.1 Å². The average Bonchev–Trinajstić information content (AvgIpc) is 2.81. The zero-order valence-corrected chi connectivity index (χ0v) is 18.1. The van der Waals surface area contributed by atoms with Crippen LogP contribution < -0.4 is 9.64 Å². The summed E-state index contributed by atoms with van der Waals surface area (Å²) in [6.45, 7) is 8.50. The molecule has 0 N–H and O–H groups in total. The summed E-state index contributed by atoms with van der Waals surface area (Å²) < 4.78 is 6.28. The molecule has 0 unspecified atom stereocenters. The minimum absolute atomic E-state index is 0.437. The van der Waals surface area contributed by atoms with Crippen LogP contribution in [0.25, 0.3) is 11.1 Å². The van der Waals surface area contributed by atoms with Crippen molar-refractivity contribution >= 4 is 17.1 Å². The van der Waals surface area contributed by atoms with Crippen LogP contribution in [0.5, 0.6) is 5.75 Å². The zero-order valence-electron chi connectivity index (χ0n) is 18.1. The zero-order chi connectivity index (χ0) is 21.6. The van der Waals surface area contributed by atoms with Crippen LogP contribution in [-0.2, 0) is 0 Å². The molecule has 2 heteroatoms. The van der Waals surface area contributed by atoms with Gasteiger partial charge in [0.05, 0.1) is 5.69 Å². The van der Waals surface area contributed by atoms with Crippen LogP contribution in [-0.4, -0.2) is 6.61 Å². The number of anilines is 3. The van der Waals surface area contributed by atoms with Gasteiger partial charge in [-0.1, -0.05) is 90.5 Å². The topological polar surface area (TPSA) is 12.5 Å². The Labute approximate surface area is 185 Å². The monoisotopic (exact) mass is 405 g/mol. The maximum absolute atomic E-state index is 6.28. The maximum atomic E-state index is 6.28. The second-order valence-electron chi connectivity index (χ2n) is 7.63. The Kier molecular flexibility index (Phi) is 6.18. The molecule has 0 aliphatic carbocycles. The lowest BCUT2D eigenvalue weighted by Crippen LogP contribution is -2.12. The van der Waals surface area contributed by atoms with Crippen LogP contribution in [0, 0.1) is 13.8 Å². The third-order valence-corrected chi connectivity index (χ3v) is 5.25. The van der Waals surface area contributed by atoms with Crippen molar-refractivity contribution in [3.63, 3.8) is 0 Å². The lowest BCUT2D eigenvalue weighted by Gasteiger charge is -2.28. The molecule has 0 fully saturated rings. The molecule has 0 amide bonds. The van der Waals surface area contributed by atoms with Gasteiger partial charge in [0.15, 0.2) is 5.75 Å². The Bertz CT molecular complexity index is 1100. The van der Waals surface area contributed by atoms with Gasteiger partial charge in [-0.05, 0) is 49.7 Å². The summed E-state index contributed by atoms with van der Waals surface area (Å²) in [5, 5.41) is 0. The van der Waals surface area contributed by atoms with Gasteiger partial charge in [-0.15, -0.1) is 0 Å². The number of aryl methyl sites for hydroxylation is 2. The van der Waals surface area contributed by atoms with E-state index < -0.39 is 0 Å². The van der Waals surface area contributed by atoms with Crippen LogP contribution in [0.1, 0.15) is 11.1 Å². The summed E-state index contributed by atoms with van der Waals surface area (Å²) in [6.07, 6.45) is 1.79. The van der Waals surface area contributed by atoms with Crippen LogP contribution in [0.3, 0.4) is 0 Å². The van der Waals surface area contributed by atoms with Gasteiger partial charge in [0, 0.05) is 16.9 Å². The molecule has 0 aliphatic rings. The number of benzene rings is 4. The van der Waals surface area contributed by atoms with Gasteiger partial charge in [-0.3, -0.25) is 0 Å². The third-order valence-electron chi connectivity index (χ3n) is 5.25. The molecule has 0 radical (unpaired) electrons. The van der Waals surface area contributed by atoms with Crippen molar-refractivity contribution in [3.05, 3.63) is 121 Å². The summed E-state index contributed by atoms with van der Waals surface area (Å²) in [4.78, 5) is 2.25. The molecule has 0 aliphatic heterocycles. The first-order valence-corrected chi connectivity index (χ1v) is 10.5. The number of hydrogen-bond acceptors (Lipinski definition) is 2. The fraction of sp³-hybridized carbons (Fsp3) is 0.103. The summed E-state index contributed by atoms with van der Waals surface area (Å²) in [5.41, 5.74) is 7.81. The minimum Gasteiger partial charge on any atom is -0.487 e. The first-order valence-electron chi connectivity index (χ1n) is 10.5. The van der Waals surface area contributed by atoms with Crippen LogP contribution in [0.15, 0.2) is 110 Å². The Morgan fingerprint density at radius 2 is 1.29 bits per heavy atom. The second-order valence-corrected chi connectivity index (χ2v) is 7.63. The van der Waals surface area contributed by atoms with Crippen molar-refractivity contribution in [2.45, 2.75) is 13.8 Å². The second kappa shape index (κ2) is 9.36. The molecule has 0 saturated heterocycles. The molecular formula is C29H27NO. The Morgan fingerprint density at radius 3 is 1.84 bits per heavy atom. The van der Waals surface area contributed by atoms with Gasteiger partial charge in [0.1, 0.15) is 6.61 Å². The summed E-state index contributed by atoms with van der Waals surface area (Å²) >= 11 is 0. The number of nitrogens with zero attached hydrogens (tertiary/aromatic N) is 1. The predicted molar refractivity (Wildman–Crippen MR) is 132 cm³/mol. The predicted octanol–water partition coefficient (Wildman–Crippen LogP) is 8.01. The highest BCUT2D eigenvalue weighted by molar-refractivity contribution is 5.86. The first kappa shape index (κ1) is 20.5. The fourth-order valence-corrected chi connectivity index (χ4v) is 3.65. The van der Waals surface area contributed by atoms with E-state index in [0.717, 1.165) is 33.9 Å². The van der Waals surface area contributed by atoms with Gasteiger partial charge in [0.25, 0.3) is 0 Å². The highest BCUT2D eigenvalue weighted by Crippen LogP contribution is 2.45. The van der Waals surface area contributed by atoms with Crippen LogP contribution in [0.2, 0.25) is 0 Å². The van der Waals surface area contributed by atoms with E-state index in [9.17, 15) is 0 Å². The third kappa shape index (κ3) is 4.54. The maximum Gasteiger partial charge on any atom is 0.151 e. The Balaban J connectivity index is 1.94. The van der Waals surface area contributed by atoms with Crippen molar-refractivity contribution in [2.24, 2.45) is 0 Å². The molecule has 0 saturated carbocycles. The van der Waals surface area contributed by atoms with Crippen molar-refractivity contribution in [3.8, 4) is 16.9 Å². The quantitative estimate of drug-likeness (QED) is 0.289. The molecule has 4 aromatic carbocycles. The normalized spacial score (nSPS) is 10.5. The van der Waals surface area contributed by atoms with Gasteiger partial charge < -0.3 is 9.64 Å². The smallest absolute Gasteiger partial charge is 0.151 e. The first-order chi connectivity index (χ1) is 15.2. The van der Waals surface area contributed by atoms with Crippen LogP contribution in [0.4, 0.5) is 17.1 Å². The SMILES string of the molecule is C=CCOc1c(-c2ccccc2)cccc1N(c1ccc(C)cc1)c1ccc(C)cc1. The van der Waals surface area contributed by atoms with Crippen molar-refractivity contribution in [2.75, 3.05) is 11.5 Å². The Morgan fingerprint density at radius 1 is 0.710 bits per heavy atom. The number of hydrogen-bond donors (Lipinski definition) is 0. The molecule has 0 aromatic heterocycles. The van der Waals surface area contributed by atoms with Gasteiger partial charge in [-0.25, -0.2) is 0 Å². The average molecular weight is 406 g/mol. The lowest BCUT2D eigenvalue weighted by atomic mass is 10.0. The van der Waals surface area contributed by atoms with Crippen molar-refractivity contribution in [1.29, 1.82) is 0 Å². The van der Waals surface area contributed by atoms with E-state index in [4.69, 9.17) is 4.74 Å².